The van der Waals surface area contributed by atoms with E-state index in [9.17, 15) is 24.0 Å². The van der Waals surface area contributed by atoms with Gasteiger partial charge in [-0.15, -0.1) is 0 Å². The van der Waals surface area contributed by atoms with Gasteiger partial charge >= 0.3 is 18.2 Å². The van der Waals surface area contributed by atoms with Crippen molar-refractivity contribution in [1.29, 1.82) is 0 Å². The summed E-state index contributed by atoms with van der Waals surface area (Å²) >= 11 is 0. The Morgan fingerprint density at radius 2 is 1.82 bits per heavy atom. The molecular formula is C32H39N5O7. The molecule has 1 spiro atoms. The minimum absolute atomic E-state index is 0.0120. The van der Waals surface area contributed by atoms with Crippen LogP contribution in [-0.2, 0) is 37.6 Å². The number of nitrogens with zero attached hydrogens (tertiary/aromatic N) is 3. The van der Waals surface area contributed by atoms with E-state index in [0.29, 0.717) is 30.8 Å². The molecule has 3 aliphatic rings. The van der Waals surface area contributed by atoms with Gasteiger partial charge in [-0.1, -0.05) is 36.4 Å². The van der Waals surface area contributed by atoms with Crippen LogP contribution < -0.4 is 10.6 Å². The smallest absolute Gasteiger partial charge is 0.418 e. The molecule has 12 nitrogen and oxygen atoms in total. The molecule has 2 N–H and O–H groups in total. The lowest BCUT2D eigenvalue weighted by Crippen LogP contribution is -2.59. The lowest BCUT2D eigenvalue weighted by Gasteiger charge is -2.46. The second kappa shape index (κ2) is 11.8. The highest BCUT2D eigenvalue weighted by molar-refractivity contribution is 6.06. The van der Waals surface area contributed by atoms with Gasteiger partial charge in [0.25, 0.3) is 5.91 Å². The zero-order valence-electron chi connectivity index (χ0n) is 25.7. The Hall–Kier alpha value is -4.61. The molecule has 5 rings (SSSR count). The summed E-state index contributed by atoms with van der Waals surface area (Å²) in [5.41, 5.74) is 0.675. The number of benzene rings is 2. The van der Waals surface area contributed by atoms with Gasteiger partial charge < -0.3 is 29.9 Å². The van der Waals surface area contributed by atoms with Crippen molar-refractivity contribution in [2.75, 3.05) is 32.0 Å². The maximum absolute atomic E-state index is 13.9. The molecule has 2 atom stereocenters. The molecule has 12 heteroatoms. The normalized spacial score (nSPS) is 20.1. The number of amides is 6. The van der Waals surface area contributed by atoms with Crippen LogP contribution in [0.3, 0.4) is 0 Å². The van der Waals surface area contributed by atoms with E-state index in [4.69, 9.17) is 9.47 Å². The predicted molar refractivity (Wildman–Crippen MR) is 160 cm³/mol. The highest BCUT2D eigenvalue weighted by atomic mass is 16.6. The Morgan fingerprint density at radius 1 is 1.11 bits per heavy atom. The van der Waals surface area contributed by atoms with Crippen molar-refractivity contribution < 1.29 is 33.4 Å². The second-order valence-corrected chi connectivity index (χ2v) is 12.6. The molecule has 2 saturated heterocycles. The first-order chi connectivity index (χ1) is 20.8. The Morgan fingerprint density at radius 3 is 2.48 bits per heavy atom. The van der Waals surface area contributed by atoms with Crippen molar-refractivity contribution in [1.82, 2.24) is 20.0 Å². The van der Waals surface area contributed by atoms with Gasteiger partial charge in [0, 0.05) is 56.3 Å². The SMILES string of the molecule is CNC(=O)Nc1ccc2c(c1)CCC21OC(=O)N(CC(=O)N(Cc2ccccc2)C(C)C2CN(C(=O)OC(C)(C)C)C2)C1=O. The zero-order valence-corrected chi connectivity index (χ0v) is 25.7. The number of rotatable bonds is 7. The van der Waals surface area contributed by atoms with Gasteiger partial charge in [-0.3, -0.25) is 9.59 Å². The summed E-state index contributed by atoms with van der Waals surface area (Å²) in [6.45, 7) is 8.01. The Balaban J connectivity index is 1.31. The molecule has 0 radical (unpaired) electrons. The summed E-state index contributed by atoms with van der Waals surface area (Å²) in [6.07, 6.45) is -0.554. The third-order valence-corrected chi connectivity index (χ3v) is 8.39. The summed E-state index contributed by atoms with van der Waals surface area (Å²) in [5.74, 6) is -0.988. The van der Waals surface area contributed by atoms with Gasteiger partial charge in [0.2, 0.25) is 11.5 Å². The number of hydrogen-bond acceptors (Lipinski definition) is 7. The number of hydrogen-bond donors (Lipinski definition) is 2. The topological polar surface area (TPSA) is 138 Å². The molecule has 44 heavy (non-hydrogen) atoms. The van der Waals surface area contributed by atoms with Crippen LogP contribution in [0.4, 0.5) is 20.1 Å². The molecular weight excluding hydrogens is 566 g/mol. The van der Waals surface area contributed by atoms with Gasteiger partial charge in [-0.05, 0) is 57.4 Å². The maximum atomic E-state index is 13.9. The average molecular weight is 606 g/mol. The zero-order chi connectivity index (χ0) is 31.8. The molecule has 1 aliphatic carbocycles. The summed E-state index contributed by atoms with van der Waals surface area (Å²) in [4.78, 5) is 69.2. The van der Waals surface area contributed by atoms with Crippen LogP contribution in [0, 0.1) is 5.92 Å². The minimum Gasteiger partial charge on any atom is -0.444 e. The first kappa shape index (κ1) is 30.8. The van der Waals surface area contributed by atoms with Crippen LogP contribution in [0.15, 0.2) is 48.5 Å². The second-order valence-electron chi connectivity index (χ2n) is 12.6. The number of carbonyl (C=O) groups is 5. The van der Waals surface area contributed by atoms with Crippen molar-refractivity contribution >= 4 is 35.7 Å². The number of carbonyl (C=O) groups excluding carboxylic acids is 5. The van der Waals surface area contributed by atoms with Crippen molar-refractivity contribution in [3.63, 3.8) is 0 Å². The third-order valence-electron chi connectivity index (χ3n) is 8.39. The predicted octanol–water partition coefficient (Wildman–Crippen LogP) is 3.84. The highest BCUT2D eigenvalue weighted by Gasteiger charge is 2.58. The molecule has 2 fully saturated rings. The fraction of sp³-hybridized carbons (Fsp3) is 0.469. The van der Waals surface area contributed by atoms with Gasteiger partial charge in [-0.2, -0.15) is 0 Å². The van der Waals surface area contributed by atoms with Crippen LogP contribution in [0.5, 0.6) is 0 Å². The fourth-order valence-electron chi connectivity index (χ4n) is 5.94. The molecule has 6 amide bonds. The average Bonchev–Trinajstić information content (AvgIpc) is 3.41. The molecule has 2 unspecified atom stereocenters. The number of anilines is 1. The van der Waals surface area contributed by atoms with Gasteiger partial charge in [0.15, 0.2) is 0 Å². The summed E-state index contributed by atoms with van der Waals surface area (Å²) in [6, 6.07) is 13.9. The van der Waals surface area contributed by atoms with Crippen LogP contribution in [-0.4, -0.2) is 83.1 Å². The Labute approximate surface area is 256 Å². The minimum atomic E-state index is -1.50. The molecule has 0 bridgehead atoms. The van der Waals surface area contributed by atoms with Crippen molar-refractivity contribution in [3.05, 3.63) is 65.2 Å². The Bertz CT molecular complexity index is 1470. The molecule has 2 heterocycles. The largest absolute Gasteiger partial charge is 0.444 e. The fourth-order valence-corrected chi connectivity index (χ4v) is 5.94. The van der Waals surface area contributed by atoms with E-state index in [-0.39, 0.29) is 31.0 Å². The lowest BCUT2D eigenvalue weighted by molar-refractivity contribution is -0.144. The first-order valence-electron chi connectivity index (χ1n) is 14.8. The molecule has 2 aliphatic heterocycles. The van der Waals surface area contributed by atoms with Gasteiger partial charge in [0.05, 0.1) is 0 Å². The Kier molecular flexibility index (Phi) is 8.28. The first-order valence-corrected chi connectivity index (χ1v) is 14.8. The van der Waals surface area contributed by atoms with E-state index in [2.05, 4.69) is 10.6 Å². The van der Waals surface area contributed by atoms with Crippen molar-refractivity contribution in [2.24, 2.45) is 5.92 Å². The van der Waals surface area contributed by atoms with Crippen LogP contribution >= 0.6 is 0 Å². The number of imide groups is 1. The van der Waals surface area contributed by atoms with E-state index in [0.717, 1.165) is 16.0 Å². The van der Waals surface area contributed by atoms with E-state index >= 15 is 0 Å². The van der Waals surface area contributed by atoms with Crippen LogP contribution in [0.1, 0.15) is 50.8 Å². The monoisotopic (exact) mass is 605 g/mol. The molecule has 2 aromatic rings. The number of aryl methyl sites for hydroxylation is 1. The van der Waals surface area contributed by atoms with Crippen molar-refractivity contribution in [3.8, 4) is 0 Å². The summed E-state index contributed by atoms with van der Waals surface area (Å²) in [5, 5.41) is 5.19. The molecule has 0 aromatic heterocycles. The third kappa shape index (κ3) is 6.06. The van der Waals surface area contributed by atoms with Crippen LogP contribution in [0.2, 0.25) is 0 Å². The van der Waals surface area contributed by atoms with E-state index in [1.54, 1.807) is 28.0 Å². The summed E-state index contributed by atoms with van der Waals surface area (Å²) < 4.78 is 11.2. The van der Waals surface area contributed by atoms with E-state index in [1.807, 2.05) is 58.0 Å². The highest BCUT2D eigenvalue weighted by Crippen LogP contribution is 2.46. The van der Waals surface area contributed by atoms with Gasteiger partial charge in [-0.25, -0.2) is 19.3 Å². The molecule has 2 aromatic carbocycles. The van der Waals surface area contributed by atoms with Crippen LogP contribution in [0.25, 0.3) is 0 Å². The molecule has 234 valence electrons. The van der Waals surface area contributed by atoms with Crippen molar-refractivity contribution in [2.45, 2.75) is 64.3 Å². The quantitative estimate of drug-likeness (QED) is 0.489. The number of ether oxygens (including phenoxy) is 2. The summed E-state index contributed by atoms with van der Waals surface area (Å²) in [7, 11) is 1.51. The number of fused-ring (bicyclic) bond motifs is 2. The lowest BCUT2D eigenvalue weighted by atomic mass is 9.91. The standard InChI is InChI=1S/C32H39N5O7/c1-20(23-17-35(18-23)29(41)43-31(2,3)4)36(16-21-9-7-6-8-10-21)26(38)19-37-27(39)32(44-30(37)42)14-13-22-15-24(11-12-25(22)32)34-28(40)33-5/h6-12,15,20,23H,13-14,16-19H2,1-5H3,(H2,33,34,40). The van der Waals surface area contributed by atoms with E-state index < -0.39 is 41.7 Å². The van der Waals surface area contributed by atoms with E-state index in [1.165, 1.54) is 7.05 Å². The number of urea groups is 1. The maximum Gasteiger partial charge on any atom is 0.418 e. The van der Waals surface area contributed by atoms with Gasteiger partial charge in [0.1, 0.15) is 12.1 Å². The molecule has 0 saturated carbocycles. The number of likely N-dealkylation sites (tertiary alicyclic amines) is 1. The number of nitrogens with one attached hydrogen (secondary N) is 2.